The van der Waals surface area contributed by atoms with Crippen LogP contribution in [0.5, 0.6) is 0 Å². The highest BCUT2D eigenvalue weighted by Gasteiger charge is 2.17. The Bertz CT molecular complexity index is 448. The Morgan fingerprint density at radius 1 is 1.50 bits per heavy atom. The average molecular weight is 272 g/mol. The van der Waals surface area contributed by atoms with E-state index in [-0.39, 0.29) is 17.1 Å². The number of ether oxygens (including phenoxy) is 1. The number of nitrogens with zero attached hydrogens (tertiary/aromatic N) is 2. The van der Waals surface area contributed by atoms with E-state index >= 15 is 0 Å². The number of nitriles is 1. The molecule has 6 heteroatoms. The molecule has 0 bridgehead atoms. The number of nitrogens with two attached hydrogens (primary N) is 1. The molecule has 0 aliphatic heterocycles. The van der Waals surface area contributed by atoms with Crippen molar-refractivity contribution >= 4 is 23.0 Å². The van der Waals surface area contributed by atoms with Crippen LogP contribution >= 0.6 is 11.6 Å². The standard InChI is InChI=1S/C12H15ClFN3O/c1-18-8-7-17(6-2-5-15)12-10(16)4-3-9(13)11(12)14/h3-4H,2,6-8,16H2,1H3. The number of anilines is 2. The highest BCUT2D eigenvalue weighted by Crippen LogP contribution is 2.31. The Morgan fingerprint density at radius 2 is 2.22 bits per heavy atom. The molecule has 1 aromatic carbocycles. The molecule has 0 heterocycles. The topological polar surface area (TPSA) is 62.3 Å². The van der Waals surface area contributed by atoms with E-state index in [0.29, 0.717) is 25.4 Å². The summed E-state index contributed by atoms with van der Waals surface area (Å²) in [5.41, 5.74) is 6.30. The van der Waals surface area contributed by atoms with E-state index in [0.717, 1.165) is 0 Å². The number of hydrogen-bond donors (Lipinski definition) is 1. The van der Waals surface area contributed by atoms with Crippen LogP contribution in [0.4, 0.5) is 15.8 Å². The minimum Gasteiger partial charge on any atom is -0.397 e. The van der Waals surface area contributed by atoms with Gasteiger partial charge in [-0.1, -0.05) is 11.6 Å². The van der Waals surface area contributed by atoms with Gasteiger partial charge in [-0.25, -0.2) is 4.39 Å². The highest BCUT2D eigenvalue weighted by atomic mass is 35.5. The van der Waals surface area contributed by atoms with Crippen molar-refractivity contribution in [3.05, 3.63) is 23.0 Å². The van der Waals surface area contributed by atoms with Gasteiger partial charge in [0, 0.05) is 20.2 Å². The van der Waals surface area contributed by atoms with Gasteiger partial charge in [0.2, 0.25) is 0 Å². The lowest BCUT2D eigenvalue weighted by molar-refractivity contribution is 0.205. The highest BCUT2D eigenvalue weighted by molar-refractivity contribution is 6.31. The van der Waals surface area contributed by atoms with Crippen molar-refractivity contribution in [3.63, 3.8) is 0 Å². The smallest absolute Gasteiger partial charge is 0.167 e. The Kier molecular flexibility index (Phi) is 5.69. The first-order chi connectivity index (χ1) is 8.61. The SMILES string of the molecule is COCCN(CCC#N)c1c(N)ccc(Cl)c1F. The van der Waals surface area contributed by atoms with E-state index in [1.165, 1.54) is 6.07 Å². The lowest BCUT2D eigenvalue weighted by Crippen LogP contribution is -2.29. The molecule has 4 nitrogen and oxygen atoms in total. The molecule has 0 saturated carbocycles. The third-order valence-electron chi connectivity index (χ3n) is 2.48. The minimum absolute atomic E-state index is 0.0126. The molecule has 0 fully saturated rings. The van der Waals surface area contributed by atoms with Crippen molar-refractivity contribution in [2.75, 3.05) is 37.4 Å². The molecule has 0 aliphatic rings. The van der Waals surface area contributed by atoms with Gasteiger partial charge in [-0.15, -0.1) is 0 Å². The summed E-state index contributed by atoms with van der Waals surface area (Å²) in [5, 5.41) is 8.63. The van der Waals surface area contributed by atoms with Crippen molar-refractivity contribution in [1.82, 2.24) is 0 Å². The zero-order valence-corrected chi connectivity index (χ0v) is 10.9. The molecular weight excluding hydrogens is 257 g/mol. The second kappa shape index (κ2) is 7.04. The molecule has 2 N–H and O–H groups in total. The zero-order chi connectivity index (χ0) is 13.5. The van der Waals surface area contributed by atoms with Gasteiger partial charge in [-0.2, -0.15) is 5.26 Å². The molecule has 1 rings (SSSR count). The van der Waals surface area contributed by atoms with Crippen molar-refractivity contribution in [1.29, 1.82) is 5.26 Å². The largest absolute Gasteiger partial charge is 0.397 e. The van der Waals surface area contributed by atoms with Crippen LogP contribution in [0.2, 0.25) is 5.02 Å². The Balaban J connectivity index is 3.03. The van der Waals surface area contributed by atoms with Crippen LogP contribution in [-0.2, 0) is 4.74 Å². The number of halogens is 2. The van der Waals surface area contributed by atoms with Gasteiger partial charge in [-0.05, 0) is 12.1 Å². The molecule has 0 aliphatic carbocycles. The lowest BCUT2D eigenvalue weighted by Gasteiger charge is -2.25. The average Bonchev–Trinajstić information content (AvgIpc) is 2.36. The molecule has 0 saturated heterocycles. The second-order valence-electron chi connectivity index (χ2n) is 3.69. The van der Waals surface area contributed by atoms with Crippen LogP contribution in [0.25, 0.3) is 0 Å². The first-order valence-corrected chi connectivity index (χ1v) is 5.84. The normalized spacial score (nSPS) is 10.1. The van der Waals surface area contributed by atoms with Crippen molar-refractivity contribution < 1.29 is 9.13 Å². The fraction of sp³-hybridized carbons (Fsp3) is 0.417. The molecule has 0 spiro atoms. The van der Waals surface area contributed by atoms with Gasteiger partial charge in [-0.3, -0.25) is 0 Å². The van der Waals surface area contributed by atoms with Gasteiger partial charge in [0.15, 0.2) is 5.82 Å². The van der Waals surface area contributed by atoms with Crippen LogP contribution < -0.4 is 10.6 Å². The van der Waals surface area contributed by atoms with E-state index in [9.17, 15) is 4.39 Å². The predicted molar refractivity (Wildman–Crippen MR) is 70.1 cm³/mol. The van der Waals surface area contributed by atoms with Gasteiger partial charge >= 0.3 is 0 Å². The summed E-state index contributed by atoms with van der Waals surface area (Å²) in [5.74, 6) is -0.564. The number of hydrogen-bond acceptors (Lipinski definition) is 4. The predicted octanol–water partition coefficient (Wildman–Crippen LogP) is 2.43. The van der Waals surface area contributed by atoms with Crippen molar-refractivity contribution in [2.24, 2.45) is 0 Å². The minimum atomic E-state index is -0.564. The summed E-state index contributed by atoms with van der Waals surface area (Å²) in [6.45, 7) is 1.23. The molecule has 0 amide bonds. The molecule has 0 aromatic heterocycles. The van der Waals surface area contributed by atoms with Gasteiger partial charge in [0.25, 0.3) is 0 Å². The van der Waals surface area contributed by atoms with Crippen molar-refractivity contribution in [3.8, 4) is 6.07 Å². The summed E-state index contributed by atoms with van der Waals surface area (Å²) in [7, 11) is 1.56. The van der Waals surface area contributed by atoms with Crippen LogP contribution in [0.1, 0.15) is 6.42 Å². The summed E-state index contributed by atoms with van der Waals surface area (Å²) in [6, 6.07) is 4.98. The quantitative estimate of drug-likeness (QED) is 0.807. The maximum atomic E-state index is 14.0. The Hall–Kier alpha value is -1.51. The molecular formula is C12H15ClFN3O. The molecule has 0 radical (unpaired) electrons. The van der Waals surface area contributed by atoms with E-state index in [1.807, 2.05) is 6.07 Å². The third-order valence-corrected chi connectivity index (χ3v) is 2.77. The van der Waals surface area contributed by atoms with E-state index in [1.54, 1.807) is 18.1 Å². The molecule has 18 heavy (non-hydrogen) atoms. The summed E-state index contributed by atoms with van der Waals surface area (Å²) in [4.78, 5) is 1.67. The fourth-order valence-electron chi connectivity index (χ4n) is 1.60. The maximum Gasteiger partial charge on any atom is 0.167 e. The fourth-order valence-corrected chi connectivity index (χ4v) is 1.75. The first-order valence-electron chi connectivity index (χ1n) is 5.46. The van der Waals surface area contributed by atoms with Crippen LogP contribution in [0.3, 0.4) is 0 Å². The number of methoxy groups -OCH3 is 1. The number of nitrogen functional groups attached to an aromatic ring is 1. The Labute approximate surface area is 111 Å². The third kappa shape index (κ3) is 3.49. The summed E-state index contributed by atoms with van der Waals surface area (Å²) in [6.07, 6.45) is 0.273. The lowest BCUT2D eigenvalue weighted by atomic mass is 10.2. The van der Waals surface area contributed by atoms with Gasteiger partial charge in [0.05, 0.1) is 35.5 Å². The van der Waals surface area contributed by atoms with Crippen molar-refractivity contribution in [2.45, 2.75) is 6.42 Å². The molecule has 0 atom stereocenters. The number of benzene rings is 1. The molecule has 0 unspecified atom stereocenters. The van der Waals surface area contributed by atoms with Crippen LogP contribution in [0.15, 0.2) is 12.1 Å². The molecule has 98 valence electrons. The van der Waals surface area contributed by atoms with E-state index in [4.69, 9.17) is 27.3 Å². The summed E-state index contributed by atoms with van der Waals surface area (Å²) < 4.78 is 19.0. The van der Waals surface area contributed by atoms with E-state index in [2.05, 4.69) is 0 Å². The van der Waals surface area contributed by atoms with Crippen LogP contribution in [0, 0.1) is 17.1 Å². The van der Waals surface area contributed by atoms with Crippen LogP contribution in [-0.4, -0.2) is 26.8 Å². The van der Waals surface area contributed by atoms with Gasteiger partial charge in [0.1, 0.15) is 0 Å². The van der Waals surface area contributed by atoms with Gasteiger partial charge < -0.3 is 15.4 Å². The monoisotopic (exact) mass is 271 g/mol. The first kappa shape index (κ1) is 14.6. The molecule has 1 aromatic rings. The maximum absolute atomic E-state index is 14.0. The van der Waals surface area contributed by atoms with E-state index < -0.39 is 5.82 Å². The second-order valence-corrected chi connectivity index (χ2v) is 4.09. The summed E-state index contributed by atoms with van der Waals surface area (Å²) >= 11 is 5.74. The number of rotatable bonds is 6. The zero-order valence-electron chi connectivity index (χ0n) is 10.1. The Morgan fingerprint density at radius 3 is 2.83 bits per heavy atom.